The Kier molecular flexibility index (Phi) is 7.76. The van der Waals surface area contributed by atoms with E-state index in [1.807, 2.05) is 13.8 Å². The molecule has 1 saturated heterocycles. The summed E-state index contributed by atoms with van der Waals surface area (Å²) in [4.78, 5) is 25.3. The van der Waals surface area contributed by atoms with Crippen molar-refractivity contribution in [3.63, 3.8) is 0 Å². The van der Waals surface area contributed by atoms with Crippen LogP contribution >= 0.6 is 0 Å². The van der Waals surface area contributed by atoms with Gasteiger partial charge in [-0.15, -0.1) is 0 Å². The number of piperidine rings is 1. The summed E-state index contributed by atoms with van der Waals surface area (Å²) in [7, 11) is -2.12. The third-order valence-corrected chi connectivity index (χ3v) is 7.83. The summed E-state index contributed by atoms with van der Waals surface area (Å²) in [6.07, 6.45) is -0.326. The van der Waals surface area contributed by atoms with Gasteiger partial charge in [-0.3, -0.25) is 9.59 Å². The van der Waals surface area contributed by atoms with E-state index in [1.165, 1.54) is 18.3 Å². The van der Waals surface area contributed by atoms with Crippen molar-refractivity contribution in [2.45, 2.75) is 44.6 Å². The molecule has 2 aromatic rings. The number of nitrogens with one attached hydrogen (secondary N) is 1. The number of para-hydroxylation sites is 2. The maximum absolute atomic E-state index is 13.0. The van der Waals surface area contributed by atoms with E-state index in [0.717, 1.165) is 11.1 Å². The highest BCUT2D eigenvalue weighted by atomic mass is 32.2. The Hall–Kier alpha value is -2.91. The lowest BCUT2D eigenvalue weighted by molar-refractivity contribution is -0.158. The molecule has 0 aliphatic carbocycles. The number of methoxy groups -OCH3 is 1. The third-order valence-electron chi connectivity index (χ3n) is 5.93. The number of ether oxygens (including phenoxy) is 2. The summed E-state index contributed by atoms with van der Waals surface area (Å²) in [6.45, 7) is 5.75. The number of benzene rings is 2. The lowest BCUT2D eigenvalue weighted by atomic mass is 9.98. The van der Waals surface area contributed by atoms with Crippen molar-refractivity contribution in [1.29, 1.82) is 0 Å². The number of anilines is 1. The Labute approximate surface area is 194 Å². The van der Waals surface area contributed by atoms with Gasteiger partial charge in [0.1, 0.15) is 5.75 Å². The van der Waals surface area contributed by atoms with Gasteiger partial charge >= 0.3 is 5.97 Å². The molecular formula is C24H30N2O6S. The SMILES string of the molecule is COc1ccccc1NC(=O)[C@@H](C)OC(=O)C1CCN(S(=O)(=O)c2ccc(C)c(C)c2)CC1. The molecule has 3 rings (SSSR count). The highest BCUT2D eigenvalue weighted by Crippen LogP contribution is 2.27. The predicted octanol–water partition coefficient (Wildman–Crippen LogP) is 3.28. The van der Waals surface area contributed by atoms with Crippen LogP contribution in [-0.4, -0.2) is 50.9 Å². The molecule has 0 radical (unpaired) electrons. The molecule has 1 aliphatic rings. The molecule has 1 atom stereocenters. The van der Waals surface area contributed by atoms with Gasteiger partial charge in [0.2, 0.25) is 10.0 Å². The van der Waals surface area contributed by atoms with E-state index in [1.54, 1.807) is 42.5 Å². The Balaban J connectivity index is 1.55. The number of carbonyl (C=O) groups excluding carboxylic acids is 2. The molecule has 1 amide bonds. The molecule has 0 spiro atoms. The molecular weight excluding hydrogens is 444 g/mol. The van der Waals surface area contributed by atoms with Gasteiger partial charge in [-0.1, -0.05) is 18.2 Å². The quantitative estimate of drug-likeness (QED) is 0.618. The molecule has 1 fully saturated rings. The van der Waals surface area contributed by atoms with Crippen molar-refractivity contribution in [2.75, 3.05) is 25.5 Å². The van der Waals surface area contributed by atoms with E-state index in [-0.39, 0.29) is 18.0 Å². The van der Waals surface area contributed by atoms with Gasteiger partial charge in [0.05, 0.1) is 23.6 Å². The van der Waals surface area contributed by atoms with Gasteiger partial charge in [0, 0.05) is 13.1 Å². The number of sulfonamides is 1. The standard InChI is InChI=1S/C24H30N2O6S/c1-16-9-10-20(15-17(16)2)33(29,30)26-13-11-19(12-14-26)24(28)32-18(3)23(27)25-21-7-5-6-8-22(21)31-4/h5-10,15,18-19H,11-14H2,1-4H3,(H,25,27)/t18-/m1/s1. The van der Waals surface area contributed by atoms with Crippen LogP contribution < -0.4 is 10.1 Å². The van der Waals surface area contributed by atoms with E-state index < -0.39 is 33.9 Å². The normalized spacial score (nSPS) is 16.1. The second-order valence-corrected chi connectivity index (χ2v) is 10.1. The number of hydrogen-bond donors (Lipinski definition) is 1. The van der Waals surface area contributed by atoms with Crippen molar-refractivity contribution in [2.24, 2.45) is 5.92 Å². The third kappa shape index (κ3) is 5.72. The average Bonchev–Trinajstić information content (AvgIpc) is 2.81. The molecule has 1 N–H and O–H groups in total. The number of amides is 1. The van der Waals surface area contributed by atoms with Crippen LogP contribution in [0.5, 0.6) is 5.75 Å². The van der Waals surface area contributed by atoms with Crippen LogP contribution in [0, 0.1) is 19.8 Å². The number of hydrogen-bond acceptors (Lipinski definition) is 6. The van der Waals surface area contributed by atoms with Crippen LogP contribution in [-0.2, 0) is 24.3 Å². The van der Waals surface area contributed by atoms with Crippen LogP contribution in [0.25, 0.3) is 0 Å². The number of carbonyl (C=O) groups is 2. The fourth-order valence-electron chi connectivity index (χ4n) is 3.66. The number of aryl methyl sites for hydroxylation is 2. The largest absolute Gasteiger partial charge is 0.495 e. The maximum Gasteiger partial charge on any atom is 0.309 e. The Bertz CT molecular complexity index is 1120. The first-order valence-electron chi connectivity index (χ1n) is 10.8. The fraction of sp³-hybridized carbons (Fsp3) is 0.417. The Morgan fingerprint density at radius 1 is 1.06 bits per heavy atom. The molecule has 1 heterocycles. The lowest BCUT2D eigenvalue weighted by Gasteiger charge is -2.30. The van der Waals surface area contributed by atoms with Crippen LogP contribution in [0.2, 0.25) is 0 Å². The Morgan fingerprint density at radius 2 is 1.73 bits per heavy atom. The number of esters is 1. The smallest absolute Gasteiger partial charge is 0.309 e. The number of rotatable bonds is 7. The van der Waals surface area contributed by atoms with Gasteiger partial charge in [0.25, 0.3) is 5.91 Å². The topological polar surface area (TPSA) is 102 Å². The van der Waals surface area contributed by atoms with Crippen molar-refractivity contribution in [3.8, 4) is 5.75 Å². The molecule has 0 unspecified atom stereocenters. The fourth-order valence-corrected chi connectivity index (χ4v) is 5.22. The Morgan fingerprint density at radius 3 is 2.36 bits per heavy atom. The molecule has 2 aromatic carbocycles. The molecule has 178 valence electrons. The summed E-state index contributed by atoms with van der Waals surface area (Å²) < 4.78 is 37.9. The molecule has 0 aromatic heterocycles. The molecule has 8 nitrogen and oxygen atoms in total. The molecule has 9 heteroatoms. The summed E-state index contributed by atoms with van der Waals surface area (Å²) in [5.41, 5.74) is 2.42. The minimum atomic E-state index is -3.62. The van der Waals surface area contributed by atoms with E-state index in [2.05, 4.69) is 5.32 Å². The monoisotopic (exact) mass is 474 g/mol. The molecule has 0 saturated carbocycles. The minimum absolute atomic E-state index is 0.219. The number of nitrogens with zero attached hydrogens (tertiary/aromatic N) is 1. The zero-order chi connectivity index (χ0) is 24.2. The van der Waals surface area contributed by atoms with Crippen molar-refractivity contribution in [1.82, 2.24) is 4.31 Å². The van der Waals surface area contributed by atoms with Gasteiger partial charge in [0.15, 0.2) is 6.10 Å². The van der Waals surface area contributed by atoms with E-state index >= 15 is 0 Å². The second kappa shape index (κ2) is 10.4. The first-order valence-corrected chi connectivity index (χ1v) is 12.3. The van der Waals surface area contributed by atoms with Gasteiger partial charge in [-0.2, -0.15) is 4.31 Å². The van der Waals surface area contributed by atoms with Crippen molar-refractivity contribution in [3.05, 3.63) is 53.6 Å². The van der Waals surface area contributed by atoms with Crippen LogP contribution in [0.4, 0.5) is 5.69 Å². The summed E-state index contributed by atoms with van der Waals surface area (Å²) in [5.74, 6) is -0.928. The van der Waals surface area contributed by atoms with Gasteiger partial charge in [-0.25, -0.2) is 8.42 Å². The molecule has 1 aliphatic heterocycles. The van der Waals surface area contributed by atoms with Crippen LogP contribution in [0.3, 0.4) is 0 Å². The van der Waals surface area contributed by atoms with Crippen molar-refractivity contribution >= 4 is 27.6 Å². The van der Waals surface area contributed by atoms with Gasteiger partial charge < -0.3 is 14.8 Å². The van der Waals surface area contributed by atoms with Crippen LogP contribution in [0.15, 0.2) is 47.4 Å². The maximum atomic E-state index is 13.0. The first-order chi connectivity index (χ1) is 15.6. The van der Waals surface area contributed by atoms with E-state index in [4.69, 9.17) is 9.47 Å². The molecule has 0 bridgehead atoms. The minimum Gasteiger partial charge on any atom is -0.495 e. The predicted molar refractivity (Wildman–Crippen MR) is 125 cm³/mol. The van der Waals surface area contributed by atoms with Crippen LogP contribution in [0.1, 0.15) is 30.9 Å². The zero-order valence-electron chi connectivity index (χ0n) is 19.3. The van der Waals surface area contributed by atoms with Crippen molar-refractivity contribution < 1.29 is 27.5 Å². The first kappa shape index (κ1) is 24.7. The summed E-state index contributed by atoms with van der Waals surface area (Å²) in [6, 6.07) is 12.0. The highest BCUT2D eigenvalue weighted by Gasteiger charge is 2.34. The second-order valence-electron chi connectivity index (χ2n) is 8.19. The summed E-state index contributed by atoms with van der Waals surface area (Å²) in [5, 5.41) is 2.69. The van der Waals surface area contributed by atoms with E-state index in [0.29, 0.717) is 24.3 Å². The lowest BCUT2D eigenvalue weighted by Crippen LogP contribution is -2.41. The average molecular weight is 475 g/mol. The van der Waals surface area contributed by atoms with E-state index in [9.17, 15) is 18.0 Å². The highest BCUT2D eigenvalue weighted by molar-refractivity contribution is 7.89. The van der Waals surface area contributed by atoms with Gasteiger partial charge in [-0.05, 0) is 69.0 Å². The zero-order valence-corrected chi connectivity index (χ0v) is 20.1. The summed E-state index contributed by atoms with van der Waals surface area (Å²) >= 11 is 0. The molecule has 33 heavy (non-hydrogen) atoms.